The summed E-state index contributed by atoms with van der Waals surface area (Å²) in [4.78, 5) is 28.5. The van der Waals surface area contributed by atoms with Crippen LogP contribution in [0.1, 0.15) is 42.6 Å². The SMILES string of the molecule is Cc1cnn(-c2ccc(-c3ccc(C4(C(=O)O)CC4)cc3F)nc2)c1NC(=O)OC(C)c1ccccc1. The van der Waals surface area contributed by atoms with Crippen molar-refractivity contribution in [2.45, 2.75) is 38.2 Å². The van der Waals surface area contributed by atoms with Gasteiger partial charge in [-0.25, -0.2) is 13.9 Å². The van der Waals surface area contributed by atoms with Gasteiger partial charge in [-0.1, -0.05) is 36.4 Å². The number of ether oxygens (including phenoxy) is 1. The molecule has 0 aliphatic heterocycles. The zero-order valence-corrected chi connectivity index (χ0v) is 20.3. The van der Waals surface area contributed by atoms with Gasteiger partial charge in [0, 0.05) is 11.1 Å². The predicted octanol–water partition coefficient (Wildman–Crippen LogP) is 5.81. The van der Waals surface area contributed by atoms with Crippen LogP contribution in [0, 0.1) is 12.7 Å². The summed E-state index contributed by atoms with van der Waals surface area (Å²) in [5.74, 6) is -1.03. The van der Waals surface area contributed by atoms with E-state index in [9.17, 15) is 19.1 Å². The zero-order chi connectivity index (χ0) is 26.2. The average Bonchev–Trinajstić information content (AvgIpc) is 3.64. The highest BCUT2D eigenvalue weighted by Gasteiger charge is 2.51. The van der Waals surface area contributed by atoms with E-state index >= 15 is 0 Å². The number of rotatable bonds is 7. The molecule has 4 aromatic rings. The van der Waals surface area contributed by atoms with E-state index in [2.05, 4.69) is 15.4 Å². The molecular weight excluding hydrogens is 475 g/mol. The van der Waals surface area contributed by atoms with Crippen LogP contribution in [0.2, 0.25) is 0 Å². The van der Waals surface area contributed by atoms with Gasteiger partial charge < -0.3 is 9.84 Å². The van der Waals surface area contributed by atoms with Gasteiger partial charge in [0.05, 0.1) is 29.2 Å². The zero-order valence-electron chi connectivity index (χ0n) is 20.3. The van der Waals surface area contributed by atoms with Gasteiger partial charge in [-0.3, -0.25) is 15.1 Å². The van der Waals surface area contributed by atoms with E-state index in [-0.39, 0.29) is 5.56 Å². The molecule has 1 saturated carbocycles. The summed E-state index contributed by atoms with van der Waals surface area (Å²) < 4.78 is 21.9. The first kappa shape index (κ1) is 24.2. The maximum Gasteiger partial charge on any atom is 0.413 e. The van der Waals surface area contributed by atoms with Crippen LogP contribution in [0.15, 0.2) is 73.1 Å². The lowest BCUT2D eigenvalue weighted by molar-refractivity contribution is -0.140. The number of hydrogen-bond acceptors (Lipinski definition) is 5. The molecule has 0 bridgehead atoms. The second-order valence-electron chi connectivity index (χ2n) is 9.15. The number of nitrogens with one attached hydrogen (secondary N) is 1. The van der Waals surface area contributed by atoms with E-state index in [1.807, 2.05) is 37.3 Å². The molecule has 5 rings (SSSR count). The molecule has 1 aliphatic carbocycles. The van der Waals surface area contributed by atoms with E-state index in [4.69, 9.17) is 4.74 Å². The van der Waals surface area contributed by atoms with Crippen molar-refractivity contribution in [2.75, 3.05) is 5.32 Å². The molecule has 188 valence electrons. The molecule has 8 nitrogen and oxygen atoms in total. The first-order valence-corrected chi connectivity index (χ1v) is 11.9. The summed E-state index contributed by atoms with van der Waals surface area (Å²) in [6, 6.07) is 17.3. The maximum absolute atomic E-state index is 14.9. The lowest BCUT2D eigenvalue weighted by atomic mass is 9.94. The van der Waals surface area contributed by atoms with Gasteiger partial charge in [-0.05, 0) is 62.1 Å². The summed E-state index contributed by atoms with van der Waals surface area (Å²) in [5, 5.41) is 16.6. The summed E-state index contributed by atoms with van der Waals surface area (Å²) in [6.45, 7) is 3.60. The Labute approximate surface area is 212 Å². The van der Waals surface area contributed by atoms with Gasteiger partial charge in [0.2, 0.25) is 0 Å². The van der Waals surface area contributed by atoms with E-state index < -0.39 is 29.4 Å². The summed E-state index contributed by atoms with van der Waals surface area (Å²) in [7, 11) is 0. The highest BCUT2D eigenvalue weighted by molar-refractivity contribution is 5.86. The van der Waals surface area contributed by atoms with Crippen molar-refractivity contribution in [3.8, 4) is 16.9 Å². The fourth-order valence-electron chi connectivity index (χ4n) is 4.30. The summed E-state index contributed by atoms with van der Waals surface area (Å²) in [6.07, 6.45) is 3.09. The van der Waals surface area contributed by atoms with E-state index in [0.29, 0.717) is 35.6 Å². The van der Waals surface area contributed by atoms with Crippen molar-refractivity contribution in [1.82, 2.24) is 14.8 Å². The minimum Gasteiger partial charge on any atom is -0.481 e. The molecule has 37 heavy (non-hydrogen) atoms. The Kier molecular flexibility index (Phi) is 6.20. The molecule has 2 aromatic carbocycles. The molecule has 1 unspecified atom stereocenters. The van der Waals surface area contributed by atoms with E-state index in [1.54, 1.807) is 37.4 Å². The molecule has 2 N–H and O–H groups in total. The standard InChI is InChI=1S/C28H25FN4O4/c1-17-15-31-33(25(17)32-27(36)37-18(2)19-6-4-3-5-7-19)21-9-11-24(30-16-21)22-10-8-20(14-23(22)29)28(12-13-28)26(34)35/h3-11,14-16,18H,12-13H2,1-2H3,(H,32,36)(H,34,35). The third-order valence-electron chi connectivity index (χ3n) is 6.67. The Balaban J connectivity index is 1.33. The molecule has 1 amide bonds. The Morgan fingerprint density at radius 3 is 2.49 bits per heavy atom. The number of aromatic nitrogens is 3. The van der Waals surface area contributed by atoms with Crippen LogP contribution in [0.25, 0.3) is 16.9 Å². The monoisotopic (exact) mass is 500 g/mol. The van der Waals surface area contributed by atoms with Crippen molar-refractivity contribution in [1.29, 1.82) is 0 Å². The van der Waals surface area contributed by atoms with Gasteiger partial charge in [0.1, 0.15) is 17.7 Å². The average molecular weight is 501 g/mol. The van der Waals surface area contributed by atoms with Crippen LogP contribution < -0.4 is 5.32 Å². The first-order chi connectivity index (χ1) is 17.8. The number of nitrogens with zero attached hydrogens (tertiary/aromatic N) is 3. The molecule has 0 saturated heterocycles. The largest absolute Gasteiger partial charge is 0.481 e. The maximum atomic E-state index is 14.9. The molecule has 1 atom stereocenters. The van der Waals surface area contributed by atoms with Crippen LogP contribution in [-0.2, 0) is 14.9 Å². The van der Waals surface area contributed by atoms with Crippen LogP contribution in [0.4, 0.5) is 15.0 Å². The lowest BCUT2D eigenvalue weighted by Gasteiger charge is -2.15. The molecule has 9 heteroatoms. The topological polar surface area (TPSA) is 106 Å². The number of carboxylic acids is 1. The summed E-state index contributed by atoms with van der Waals surface area (Å²) in [5.41, 5.74) is 2.31. The van der Waals surface area contributed by atoms with Crippen LogP contribution in [0.3, 0.4) is 0 Å². The fourth-order valence-corrected chi connectivity index (χ4v) is 4.30. The first-order valence-electron chi connectivity index (χ1n) is 11.9. The third-order valence-corrected chi connectivity index (χ3v) is 6.67. The number of hydrogen-bond donors (Lipinski definition) is 2. The normalized spacial score (nSPS) is 14.6. The van der Waals surface area contributed by atoms with Gasteiger partial charge in [0.15, 0.2) is 0 Å². The summed E-state index contributed by atoms with van der Waals surface area (Å²) >= 11 is 0. The molecule has 1 aliphatic rings. The van der Waals surface area contributed by atoms with E-state index in [1.165, 1.54) is 16.9 Å². The molecule has 2 heterocycles. The number of aryl methyl sites for hydroxylation is 1. The Hall–Kier alpha value is -4.53. The number of benzene rings is 2. The number of halogens is 1. The molecule has 2 aromatic heterocycles. The lowest BCUT2D eigenvalue weighted by Crippen LogP contribution is -2.19. The third kappa shape index (κ3) is 4.67. The van der Waals surface area contributed by atoms with Crippen molar-refractivity contribution in [2.24, 2.45) is 0 Å². The van der Waals surface area contributed by atoms with Gasteiger partial charge in [0.25, 0.3) is 0 Å². The van der Waals surface area contributed by atoms with Crippen molar-refractivity contribution in [3.05, 3.63) is 95.6 Å². The highest BCUT2D eigenvalue weighted by Crippen LogP contribution is 2.49. The fraction of sp³-hybridized carbons (Fsp3) is 0.214. The van der Waals surface area contributed by atoms with Gasteiger partial charge in [-0.15, -0.1) is 0 Å². The Morgan fingerprint density at radius 1 is 1.11 bits per heavy atom. The van der Waals surface area contributed by atoms with Crippen LogP contribution >= 0.6 is 0 Å². The second-order valence-corrected chi connectivity index (χ2v) is 9.15. The van der Waals surface area contributed by atoms with Crippen molar-refractivity contribution in [3.63, 3.8) is 0 Å². The molecule has 0 spiro atoms. The quantitative estimate of drug-likeness (QED) is 0.332. The molecule has 1 fully saturated rings. The van der Waals surface area contributed by atoms with E-state index in [0.717, 1.165) is 11.1 Å². The second kappa shape index (κ2) is 9.50. The number of amides is 1. The smallest absolute Gasteiger partial charge is 0.413 e. The number of carbonyl (C=O) groups excluding carboxylic acids is 1. The molecular formula is C28H25FN4O4. The minimum absolute atomic E-state index is 0.268. The molecule has 0 radical (unpaired) electrons. The number of carboxylic acid groups (broad SMARTS) is 1. The number of carbonyl (C=O) groups is 2. The number of pyridine rings is 1. The van der Waals surface area contributed by atoms with Crippen molar-refractivity contribution < 1.29 is 23.8 Å². The van der Waals surface area contributed by atoms with Gasteiger partial charge in [-0.2, -0.15) is 5.10 Å². The number of anilines is 1. The highest BCUT2D eigenvalue weighted by atomic mass is 19.1. The van der Waals surface area contributed by atoms with Gasteiger partial charge >= 0.3 is 12.1 Å². The Morgan fingerprint density at radius 2 is 1.86 bits per heavy atom. The van der Waals surface area contributed by atoms with Crippen LogP contribution in [-0.4, -0.2) is 31.9 Å². The minimum atomic E-state index is -0.974. The van der Waals surface area contributed by atoms with Crippen LogP contribution in [0.5, 0.6) is 0 Å². The predicted molar refractivity (Wildman–Crippen MR) is 135 cm³/mol. The van der Waals surface area contributed by atoms with Crippen molar-refractivity contribution >= 4 is 17.9 Å². The number of aliphatic carboxylic acids is 1. The Bertz CT molecular complexity index is 1460.